The van der Waals surface area contributed by atoms with Gasteiger partial charge >= 0.3 is 5.97 Å². The molecule has 0 aliphatic heterocycles. The van der Waals surface area contributed by atoms with Crippen molar-refractivity contribution in [2.24, 2.45) is 0 Å². The molecular formula is C12H15FO4S. The number of hydrogen-bond acceptors (Lipinski definition) is 4. The highest BCUT2D eigenvalue weighted by molar-refractivity contribution is 7.99. The van der Waals surface area contributed by atoms with E-state index in [9.17, 15) is 14.3 Å². The van der Waals surface area contributed by atoms with Gasteiger partial charge in [-0.05, 0) is 25.1 Å². The summed E-state index contributed by atoms with van der Waals surface area (Å²) >= 11 is 1.26. The average Bonchev–Trinajstić information content (AvgIpc) is 2.35. The fraction of sp³-hybridized carbons (Fsp3) is 0.417. The lowest BCUT2D eigenvalue weighted by atomic mass is 10.2. The standard InChI is InChI=1S/C12H15FO4S/c1-2-17-6-8(14)7-18-9-3-4-11(13)10(5-9)12(15)16/h3-5,8,14H,2,6-7H2,1H3,(H,15,16). The number of carboxylic acids is 1. The van der Waals surface area contributed by atoms with Crippen LogP contribution in [0.4, 0.5) is 4.39 Å². The molecule has 0 aromatic heterocycles. The van der Waals surface area contributed by atoms with Crippen molar-refractivity contribution < 1.29 is 24.1 Å². The van der Waals surface area contributed by atoms with Crippen LogP contribution in [0.5, 0.6) is 0 Å². The molecule has 2 N–H and O–H groups in total. The van der Waals surface area contributed by atoms with Crippen molar-refractivity contribution >= 4 is 17.7 Å². The Labute approximate surface area is 109 Å². The number of hydrogen-bond donors (Lipinski definition) is 2. The van der Waals surface area contributed by atoms with E-state index in [0.29, 0.717) is 17.3 Å². The molecule has 100 valence electrons. The predicted octanol–water partition coefficient (Wildman–Crippen LogP) is 2.01. The third-order valence-electron chi connectivity index (χ3n) is 2.12. The monoisotopic (exact) mass is 274 g/mol. The molecule has 0 amide bonds. The quantitative estimate of drug-likeness (QED) is 0.745. The van der Waals surface area contributed by atoms with Crippen molar-refractivity contribution in [3.05, 3.63) is 29.6 Å². The molecule has 1 rings (SSSR count). The Hall–Kier alpha value is -1.11. The largest absolute Gasteiger partial charge is 0.478 e. The molecular weight excluding hydrogens is 259 g/mol. The second-order valence-corrected chi connectivity index (χ2v) is 4.66. The smallest absolute Gasteiger partial charge is 0.338 e. The summed E-state index contributed by atoms with van der Waals surface area (Å²) in [4.78, 5) is 11.3. The van der Waals surface area contributed by atoms with Gasteiger partial charge in [0.15, 0.2) is 0 Å². The minimum Gasteiger partial charge on any atom is -0.478 e. The van der Waals surface area contributed by atoms with E-state index in [0.717, 1.165) is 6.07 Å². The number of carbonyl (C=O) groups is 1. The molecule has 0 spiro atoms. The first-order valence-electron chi connectivity index (χ1n) is 5.46. The predicted molar refractivity (Wildman–Crippen MR) is 66.6 cm³/mol. The van der Waals surface area contributed by atoms with E-state index in [1.807, 2.05) is 6.92 Å². The van der Waals surface area contributed by atoms with Gasteiger partial charge in [-0.3, -0.25) is 0 Å². The van der Waals surface area contributed by atoms with Crippen LogP contribution in [-0.2, 0) is 4.74 Å². The van der Waals surface area contributed by atoms with E-state index in [1.54, 1.807) is 0 Å². The Bertz CT molecular complexity index is 411. The molecule has 1 atom stereocenters. The minimum atomic E-state index is -1.30. The summed E-state index contributed by atoms with van der Waals surface area (Å²) in [5, 5.41) is 18.3. The highest BCUT2D eigenvalue weighted by atomic mass is 32.2. The van der Waals surface area contributed by atoms with Gasteiger partial charge in [0.2, 0.25) is 0 Å². The van der Waals surface area contributed by atoms with Gasteiger partial charge in [-0.25, -0.2) is 9.18 Å². The van der Waals surface area contributed by atoms with Gasteiger partial charge < -0.3 is 14.9 Å². The van der Waals surface area contributed by atoms with Crippen molar-refractivity contribution in [3.8, 4) is 0 Å². The minimum absolute atomic E-state index is 0.233. The molecule has 18 heavy (non-hydrogen) atoms. The second kappa shape index (κ2) is 7.35. The number of aliphatic hydroxyl groups excluding tert-OH is 1. The highest BCUT2D eigenvalue weighted by Gasteiger charge is 2.12. The lowest BCUT2D eigenvalue weighted by Gasteiger charge is -2.10. The zero-order chi connectivity index (χ0) is 13.5. The second-order valence-electron chi connectivity index (χ2n) is 3.57. The number of thioether (sulfide) groups is 1. The first kappa shape index (κ1) is 14.9. The molecule has 0 bridgehead atoms. The van der Waals surface area contributed by atoms with E-state index < -0.39 is 17.9 Å². The topological polar surface area (TPSA) is 66.8 Å². The lowest BCUT2D eigenvalue weighted by Crippen LogP contribution is -2.17. The van der Waals surface area contributed by atoms with Crippen molar-refractivity contribution in [2.45, 2.75) is 17.9 Å². The van der Waals surface area contributed by atoms with E-state index in [2.05, 4.69) is 0 Å². The van der Waals surface area contributed by atoms with Gasteiger partial charge in [0.25, 0.3) is 0 Å². The maximum Gasteiger partial charge on any atom is 0.338 e. The van der Waals surface area contributed by atoms with Crippen LogP contribution in [0.2, 0.25) is 0 Å². The van der Waals surface area contributed by atoms with Crippen molar-refractivity contribution in [1.29, 1.82) is 0 Å². The Balaban J connectivity index is 2.57. The van der Waals surface area contributed by atoms with Crippen molar-refractivity contribution in [1.82, 2.24) is 0 Å². The summed E-state index contributed by atoms with van der Waals surface area (Å²) in [7, 11) is 0. The van der Waals surface area contributed by atoms with E-state index in [1.165, 1.54) is 23.9 Å². The number of ether oxygens (including phenoxy) is 1. The number of carboxylic acid groups (broad SMARTS) is 1. The normalized spacial score (nSPS) is 12.4. The number of halogens is 1. The Morgan fingerprint density at radius 2 is 2.28 bits per heavy atom. The molecule has 0 radical (unpaired) electrons. The summed E-state index contributed by atoms with van der Waals surface area (Å²) in [6, 6.07) is 3.86. The summed E-state index contributed by atoms with van der Waals surface area (Å²) in [6.45, 7) is 2.59. The summed E-state index contributed by atoms with van der Waals surface area (Å²) in [6.07, 6.45) is -0.631. The molecule has 1 aromatic rings. The molecule has 1 aromatic carbocycles. The summed E-state index contributed by atoms with van der Waals surface area (Å²) in [5.74, 6) is -1.70. The SMILES string of the molecule is CCOCC(O)CSc1ccc(F)c(C(=O)O)c1. The fourth-order valence-corrected chi connectivity index (χ4v) is 2.10. The Morgan fingerprint density at radius 3 is 2.89 bits per heavy atom. The molecule has 0 aliphatic rings. The number of benzene rings is 1. The third kappa shape index (κ3) is 4.64. The van der Waals surface area contributed by atoms with Crippen LogP contribution in [0.1, 0.15) is 17.3 Å². The number of aliphatic hydroxyl groups is 1. The highest BCUT2D eigenvalue weighted by Crippen LogP contribution is 2.22. The van der Waals surface area contributed by atoms with Gasteiger partial charge in [0.1, 0.15) is 5.82 Å². The van der Waals surface area contributed by atoms with Gasteiger partial charge in [0, 0.05) is 17.3 Å². The molecule has 1 unspecified atom stereocenters. The summed E-state index contributed by atoms with van der Waals surface area (Å²) < 4.78 is 18.2. The van der Waals surface area contributed by atoms with Gasteiger partial charge in [0.05, 0.1) is 18.3 Å². The zero-order valence-electron chi connectivity index (χ0n) is 9.93. The third-order valence-corrected chi connectivity index (χ3v) is 3.26. The van der Waals surface area contributed by atoms with E-state index >= 15 is 0 Å². The molecule has 6 heteroatoms. The Kier molecular flexibility index (Phi) is 6.11. The van der Waals surface area contributed by atoms with Crippen LogP contribution in [0.15, 0.2) is 23.1 Å². The average molecular weight is 274 g/mol. The van der Waals surface area contributed by atoms with Crippen LogP contribution in [0.25, 0.3) is 0 Å². The van der Waals surface area contributed by atoms with Gasteiger partial charge in [-0.1, -0.05) is 0 Å². The Morgan fingerprint density at radius 1 is 1.56 bits per heavy atom. The van der Waals surface area contributed by atoms with Gasteiger partial charge in [-0.15, -0.1) is 11.8 Å². The van der Waals surface area contributed by atoms with Crippen LogP contribution in [-0.4, -0.2) is 41.3 Å². The van der Waals surface area contributed by atoms with Crippen LogP contribution < -0.4 is 0 Å². The maximum absolute atomic E-state index is 13.1. The van der Waals surface area contributed by atoms with Crippen molar-refractivity contribution in [2.75, 3.05) is 19.0 Å². The molecule has 0 fully saturated rings. The first-order chi connectivity index (χ1) is 8.54. The molecule has 0 heterocycles. The van der Waals surface area contributed by atoms with Crippen LogP contribution >= 0.6 is 11.8 Å². The van der Waals surface area contributed by atoms with Crippen LogP contribution in [0.3, 0.4) is 0 Å². The summed E-state index contributed by atoms with van der Waals surface area (Å²) in [5.41, 5.74) is -0.362. The van der Waals surface area contributed by atoms with Crippen molar-refractivity contribution in [3.63, 3.8) is 0 Å². The zero-order valence-corrected chi connectivity index (χ0v) is 10.7. The molecule has 0 saturated heterocycles. The van der Waals surface area contributed by atoms with Gasteiger partial charge in [-0.2, -0.15) is 0 Å². The molecule has 4 nitrogen and oxygen atoms in total. The fourth-order valence-electron chi connectivity index (χ4n) is 1.25. The number of aromatic carboxylic acids is 1. The van der Waals surface area contributed by atoms with Crippen LogP contribution in [0, 0.1) is 5.82 Å². The van der Waals surface area contributed by atoms with E-state index in [4.69, 9.17) is 9.84 Å². The maximum atomic E-state index is 13.1. The van der Waals surface area contributed by atoms with E-state index in [-0.39, 0.29) is 12.2 Å². The lowest BCUT2D eigenvalue weighted by molar-refractivity contribution is 0.0551. The molecule has 0 aliphatic carbocycles. The number of rotatable bonds is 7. The molecule has 0 saturated carbocycles. The first-order valence-corrected chi connectivity index (χ1v) is 6.44.